The molecule has 1 fully saturated rings. The lowest BCUT2D eigenvalue weighted by molar-refractivity contribution is -0.134. The van der Waals surface area contributed by atoms with E-state index in [0.29, 0.717) is 30.8 Å². The fourth-order valence-corrected chi connectivity index (χ4v) is 1.97. The van der Waals surface area contributed by atoms with Gasteiger partial charge in [-0.1, -0.05) is 12.1 Å². The van der Waals surface area contributed by atoms with Gasteiger partial charge in [-0.15, -0.1) is 0 Å². The van der Waals surface area contributed by atoms with E-state index in [9.17, 15) is 9.59 Å². The topological polar surface area (TPSA) is 64.4 Å². The number of hydrogen-bond acceptors (Lipinski definition) is 4. The van der Waals surface area contributed by atoms with E-state index in [2.05, 4.69) is 0 Å². The third kappa shape index (κ3) is 3.18. The fraction of sp³-hybridized carbons (Fsp3) is 0.357. The smallest absolute Gasteiger partial charge is 0.236 e. The number of nitriles is 1. The number of rotatable bonds is 3. The van der Waals surface area contributed by atoms with Gasteiger partial charge in [0.05, 0.1) is 24.7 Å². The Morgan fingerprint density at radius 3 is 2.58 bits per heavy atom. The molecule has 98 valence electrons. The number of ketones is 1. The molecule has 1 aliphatic heterocycles. The second-order valence-corrected chi connectivity index (χ2v) is 4.64. The normalized spacial score (nSPS) is 16.2. The summed E-state index contributed by atoms with van der Waals surface area (Å²) in [7, 11) is 1.77. The first kappa shape index (κ1) is 13.2. The van der Waals surface area contributed by atoms with Crippen LogP contribution in [0, 0.1) is 11.3 Å². The van der Waals surface area contributed by atoms with E-state index in [1.165, 1.54) is 0 Å². The summed E-state index contributed by atoms with van der Waals surface area (Å²) >= 11 is 0. The van der Waals surface area contributed by atoms with Crippen molar-refractivity contribution in [2.45, 2.75) is 0 Å². The zero-order valence-corrected chi connectivity index (χ0v) is 10.8. The van der Waals surface area contributed by atoms with Crippen molar-refractivity contribution < 1.29 is 9.59 Å². The standard InChI is InChI=1S/C14H15N3O2/c1-16-6-7-17(10-14(16)19)9-13(18)12-4-2-11(8-15)3-5-12/h2-5H,6-7,9-10H2,1H3. The summed E-state index contributed by atoms with van der Waals surface area (Å²) < 4.78 is 0. The molecule has 1 saturated heterocycles. The van der Waals surface area contributed by atoms with Crippen LogP contribution in [-0.2, 0) is 4.79 Å². The summed E-state index contributed by atoms with van der Waals surface area (Å²) in [5.41, 5.74) is 1.11. The quantitative estimate of drug-likeness (QED) is 0.740. The predicted molar refractivity (Wildman–Crippen MR) is 69.6 cm³/mol. The van der Waals surface area contributed by atoms with Crippen LogP contribution in [0.5, 0.6) is 0 Å². The molecule has 0 N–H and O–H groups in total. The Hall–Kier alpha value is -2.19. The van der Waals surface area contributed by atoms with Crippen LogP contribution in [0.2, 0.25) is 0 Å². The number of carbonyl (C=O) groups is 2. The van der Waals surface area contributed by atoms with Crippen LogP contribution in [0.15, 0.2) is 24.3 Å². The minimum absolute atomic E-state index is 0.0261. The first-order valence-corrected chi connectivity index (χ1v) is 6.10. The van der Waals surface area contributed by atoms with E-state index < -0.39 is 0 Å². The average Bonchev–Trinajstić information content (AvgIpc) is 2.43. The summed E-state index contributed by atoms with van der Waals surface area (Å²) in [6.45, 7) is 1.90. The Morgan fingerprint density at radius 1 is 1.32 bits per heavy atom. The van der Waals surface area contributed by atoms with Gasteiger partial charge in [0.1, 0.15) is 0 Å². The molecule has 19 heavy (non-hydrogen) atoms. The molecule has 5 nitrogen and oxygen atoms in total. The lowest BCUT2D eigenvalue weighted by atomic mass is 10.1. The molecule has 0 bridgehead atoms. The molecule has 1 heterocycles. The van der Waals surface area contributed by atoms with Gasteiger partial charge >= 0.3 is 0 Å². The third-order valence-corrected chi connectivity index (χ3v) is 3.24. The van der Waals surface area contributed by atoms with Gasteiger partial charge in [0.15, 0.2) is 5.78 Å². The molecule has 0 saturated carbocycles. The molecule has 0 radical (unpaired) electrons. The summed E-state index contributed by atoms with van der Waals surface area (Å²) in [6, 6.07) is 8.57. The Kier molecular flexibility index (Phi) is 3.93. The highest BCUT2D eigenvalue weighted by atomic mass is 16.2. The van der Waals surface area contributed by atoms with Crippen LogP contribution in [0.4, 0.5) is 0 Å². The van der Waals surface area contributed by atoms with Crippen LogP contribution in [-0.4, -0.2) is 54.7 Å². The van der Waals surface area contributed by atoms with Gasteiger partial charge in [0.25, 0.3) is 0 Å². The maximum atomic E-state index is 12.1. The highest BCUT2D eigenvalue weighted by Gasteiger charge is 2.22. The van der Waals surface area contributed by atoms with Gasteiger partial charge in [-0.3, -0.25) is 14.5 Å². The van der Waals surface area contributed by atoms with Gasteiger partial charge in [-0.25, -0.2) is 0 Å². The SMILES string of the molecule is CN1CCN(CC(=O)c2ccc(C#N)cc2)CC1=O. The second-order valence-electron chi connectivity index (χ2n) is 4.64. The molecule has 1 aliphatic rings. The van der Waals surface area contributed by atoms with Crippen molar-refractivity contribution in [2.24, 2.45) is 0 Å². The summed E-state index contributed by atoms with van der Waals surface area (Å²) in [4.78, 5) is 27.1. The number of carbonyl (C=O) groups excluding carboxylic acids is 2. The molecule has 0 spiro atoms. The molecule has 1 amide bonds. The summed E-state index contributed by atoms with van der Waals surface area (Å²) in [5.74, 6) is 0.0146. The van der Waals surface area contributed by atoms with Crippen LogP contribution < -0.4 is 0 Å². The van der Waals surface area contributed by atoms with Gasteiger partial charge in [-0.05, 0) is 12.1 Å². The van der Waals surface area contributed by atoms with E-state index in [4.69, 9.17) is 5.26 Å². The highest BCUT2D eigenvalue weighted by molar-refractivity contribution is 5.98. The number of hydrogen-bond donors (Lipinski definition) is 0. The number of nitrogens with zero attached hydrogens (tertiary/aromatic N) is 3. The molecule has 1 aromatic rings. The van der Waals surface area contributed by atoms with Gasteiger partial charge in [-0.2, -0.15) is 5.26 Å². The lowest BCUT2D eigenvalue weighted by Gasteiger charge is -2.31. The summed E-state index contributed by atoms with van der Waals surface area (Å²) in [6.07, 6.45) is 0. The van der Waals surface area contributed by atoms with Gasteiger partial charge in [0.2, 0.25) is 5.91 Å². The van der Waals surface area contributed by atoms with E-state index in [-0.39, 0.29) is 18.2 Å². The second kappa shape index (κ2) is 5.63. The van der Waals surface area contributed by atoms with Crippen molar-refractivity contribution >= 4 is 11.7 Å². The van der Waals surface area contributed by atoms with Crippen molar-refractivity contribution in [1.82, 2.24) is 9.80 Å². The molecular formula is C14H15N3O2. The van der Waals surface area contributed by atoms with E-state index in [1.54, 1.807) is 36.2 Å². The van der Waals surface area contributed by atoms with Crippen LogP contribution >= 0.6 is 0 Å². The zero-order valence-electron chi connectivity index (χ0n) is 10.8. The first-order chi connectivity index (χ1) is 9.10. The number of piperazine rings is 1. The van der Waals surface area contributed by atoms with E-state index in [1.807, 2.05) is 11.0 Å². The minimum Gasteiger partial charge on any atom is -0.343 e. The maximum Gasteiger partial charge on any atom is 0.236 e. The number of likely N-dealkylation sites (N-methyl/N-ethyl adjacent to an activating group) is 1. The van der Waals surface area contributed by atoms with Crippen molar-refractivity contribution in [1.29, 1.82) is 5.26 Å². The molecular weight excluding hydrogens is 242 g/mol. The van der Waals surface area contributed by atoms with Crippen molar-refractivity contribution in [3.63, 3.8) is 0 Å². The Labute approximate surface area is 112 Å². The largest absolute Gasteiger partial charge is 0.343 e. The Bertz CT molecular complexity index is 531. The van der Waals surface area contributed by atoms with E-state index >= 15 is 0 Å². The van der Waals surface area contributed by atoms with Crippen molar-refractivity contribution in [3.05, 3.63) is 35.4 Å². The molecule has 2 rings (SSSR count). The van der Waals surface area contributed by atoms with Crippen molar-refractivity contribution in [3.8, 4) is 6.07 Å². The number of benzene rings is 1. The maximum absolute atomic E-state index is 12.1. The van der Waals surface area contributed by atoms with E-state index in [0.717, 1.165) is 0 Å². The van der Waals surface area contributed by atoms with Gasteiger partial charge in [0, 0.05) is 25.7 Å². The third-order valence-electron chi connectivity index (χ3n) is 3.24. The molecule has 0 atom stereocenters. The van der Waals surface area contributed by atoms with Crippen molar-refractivity contribution in [2.75, 3.05) is 33.2 Å². The van der Waals surface area contributed by atoms with Crippen LogP contribution in [0.1, 0.15) is 15.9 Å². The predicted octanol–water partition coefficient (Wildman–Crippen LogP) is 0.515. The summed E-state index contributed by atoms with van der Waals surface area (Å²) in [5, 5.41) is 8.70. The van der Waals surface area contributed by atoms with Gasteiger partial charge < -0.3 is 4.90 Å². The minimum atomic E-state index is -0.0261. The Morgan fingerprint density at radius 2 is 2.00 bits per heavy atom. The average molecular weight is 257 g/mol. The molecule has 5 heteroatoms. The lowest BCUT2D eigenvalue weighted by Crippen LogP contribution is -2.49. The number of amides is 1. The molecule has 0 unspecified atom stereocenters. The molecule has 0 aromatic heterocycles. The Balaban J connectivity index is 1.97. The highest BCUT2D eigenvalue weighted by Crippen LogP contribution is 2.07. The molecule has 0 aliphatic carbocycles. The number of Topliss-reactive ketones (excluding diaryl/α,β-unsaturated/α-hetero) is 1. The monoisotopic (exact) mass is 257 g/mol. The molecule has 1 aromatic carbocycles. The zero-order chi connectivity index (χ0) is 13.8. The van der Waals surface area contributed by atoms with Crippen LogP contribution in [0.25, 0.3) is 0 Å². The fourth-order valence-electron chi connectivity index (χ4n) is 1.97. The first-order valence-electron chi connectivity index (χ1n) is 6.10. The van der Waals surface area contributed by atoms with Crippen LogP contribution in [0.3, 0.4) is 0 Å².